The Labute approximate surface area is 146 Å². The molecule has 1 saturated carbocycles. The predicted octanol–water partition coefficient (Wildman–Crippen LogP) is 3.95. The van der Waals surface area contributed by atoms with Crippen LogP contribution < -0.4 is 5.32 Å². The summed E-state index contributed by atoms with van der Waals surface area (Å²) in [5.41, 5.74) is 0.727. The molecule has 9 heteroatoms. The Kier molecular flexibility index (Phi) is 5.50. The van der Waals surface area contributed by atoms with Crippen LogP contribution in [0.1, 0.15) is 54.0 Å². The lowest BCUT2D eigenvalue weighted by molar-refractivity contribution is 0.0923. The average molecular weight is 372 g/mol. The number of H-pyrrole nitrogens is 1. The van der Waals surface area contributed by atoms with Crippen molar-refractivity contribution in [1.29, 1.82) is 0 Å². The number of amides is 1. The fourth-order valence-corrected chi connectivity index (χ4v) is 4.96. The van der Waals surface area contributed by atoms with Gasteiger partial charge in [0.15, 0.2) is 0 Å². The zero-order chi connectivity index (χ0) is 17.1. The highest BCUT2D eigenvalue weighted by molar-refractivity contribution is 8.01. The number of thiazole rings is 1. The van der Waals surface area contributed by atoms with E-state index < -0.39 is 12.3 Å². The number of carbonyl (C=O) groups excluding carboxylic acids is 1. The highest BCUT2D eigenvalue weighted by Gasteiger charge is 2.25. The topological polar surface area (TPSA) is 70.7 Å². The number of alkyl halides is 2. The van der Waals surface area contributed by atoms with Crippen molar-refractivity contribution in [1.82, 2.24) is 20.5 Å². The maximum absolute atomic E-state index is 12.5. The van der Waals surface area contributed by atoms with Gasteiger partial charge < -0.3 is 5.32 Å². The van der Waals surface area contributed by atoms with Crippen molar-refractivity contribution >= 4 is 29.0 Å². The molecular weight excluding hydrogens is 354 g/mol. The van der Waals surface area contributed by atoms with Crippen molar-refractivity contribution in [3.8, 4) is 0 Å². The molecule has 24 heavy (non-hydrogen) atoms. The fourth-order valence-electron chi connectivity index (χ4n) is 2.68. The number of hydrogen-bond donors (Lipinski definition) is 2. The largest absolute Gasteiger partial charge is 0.348 e. The van der Waals surface area contributed by atoms with Crippen molar-refractivity contribution in [2.45, 2.75) is 54.7 Å². The van der Waals surface area contributed by atoms with Gasteiger partial charge in [-0.1, -0.05) is 11.8 Å². The summed E-state index contributed by atoms with van der Waals surface area (Å²) < 4.78 is 26.1. The number of nitrogens with zero attached hydrogens (tertiary/aromatic N) is 2. The first-order valence-corrected chi connectivity index (χ1v) is 9.50. The zero-order valence-electron chi connectivity index (χ0n) is 13.1. The van der Waals surface area contributed by atoms with Crippen molar-refractivity contribution in [2.75, 3.05) is 0 Å². The van der Waals surface area contributed by atoms with E-state index in [9.17, 15) is 13.6 Å². The van der Waals surface area contributed by atoms with Gasteiger partial charge in [-0.05, 0) is 38.7 Å². The first kappa shape index (κ1) is 17.3. The van der Waals surface area contributed by atoms with Crippen molar-refractivity contribution in [3.05, 3.63) is 28.5 Å². The summed E-state index contributed by atoms with van der Waals surface area (Å²) in [4.78, 5) is 16.5. The molecule has 0 aromatic carbocycles. The Balaban J connectivity index is 1.47. The van der Waals surface area contributed by atoms with Gasteiger partial charge in [-0.2, -0.15) is 5.10 Å². The number of aryl methyl sites for hydroxylation is 1. The van der Waals surface area contributed by atoms with Crippen LogP contribution in [0, 0.1) is 6.92 Å². The van der Waals surface area contributed by atoms with Crippen LogP contribution in [0.25, 0.3) is 0 Å². The molecule has 2 heterocycles. The minimum Gasteiger partial charge on any atom is -0.348 e. The number of thioether (sulfide) groups is 1. The normalized spacial score (nSPS) is 21.2. The lowest BCUT2D eigenvalue weighted by atomic mass is 9.95. The Hall–Kier alpha value is -1.48. The average Bonchev–Trinajstić information content (AvgIpc) is 3.18. The smallest absolute Gasteiger partial charge is 0.279 e. The molecule has 130 valence electrons. The molecule has 1 aliphatic rings. The van der Waals surface area contributed by atoms with E-state index in [1.54, 1.807) is 23.1 Å². The maximum atomic E-state index is 12.5. The number of aromatic amines is 1. The highest BCUT2D eigenvalue weighted by Crippen LogP contribution is 2.35. The molecule has 0 bridgehead atoms. The molecule has 2 aromatic heterocycles. The monoisotopic (exact) mass is 372 g/mol. The molecule has 2 aromatic rings. The Morgan fingerprint density at radius 2 is 2.17 bits per heavy atom. The quantitative estimate of drug-likeness (QED) is 0.834. The van der Waals surface area contributed by atoms with Gasteiger partial charge in [0.25, 0.3) is 12.3 Å². The van der Waals surface area contributed by atoms with E-state index in [0.29, 0.717) is 5.25 Å². The Morgan fingerprint density at radius 1 is 1.42 bits per heavy atom. The second kappa shape index (κ2) is 7.60. The summed E-state index contributed by atoms with van der Waals surface area (Å²) >= 11 is 3.47. The van der Waals surface area contributed by atoms with Gasteiger partial charge in [0.2, 0.25) is 0 Å². The molecule has 0 atom stereocenters. The first-order chi connectivity index (χ1) is 11.5. The number of carbonyl (C=O) groups is 1. The summed E-state index contributed by atoms with van der Waals surface area (Å²) in [5, 5.41) is 11.3. The lowest BCUT2D eigenvalue weighted by Gasteiger charge is -2.28. The molecule has 1 amide bonds. The molecule has 0 radical (unpaired) electrons. The number of halogens is 2. The molecule has 1 fully saturated rings. The first-order valence-electron chi connectivity index (χ1n) is 7.74. The van der Waals surface area contributed by atoms with Crippen LogP contribution in [0.3, 0.4) is 0 Å². The van der Waals surface area contributed by atoms with Gasteiger partial charge in [-0.3, -0.25) is 9.89 Å². The number of nitrogens with one attached hydrogen (secondary N) is 2. The zero-order valence-corrected chi connectivity index (χ0v) is 14.7. The van der Waals surface area contributed by atoms with Gasteiger partial charge in [0, 0.05) is 22.4 Å². The molecule has 5 nitrogen and oxygen atoms in total. The minimum atomic E-state index is -2.65. The van der Waals surface area contributed by atoms with Crippen LogP contribution >= 0.6 is 23.1 Å². The van der Waals surface area contributed by atoms with Gasteiger partial charge >= 0.3 is 0 Å². The molecule has 0 aliphatic heterocycles. The summed E-state index contributed by atoms with van der Waals surface area (Å²) in [6.07, 6.45) is 1.09. The van der Waals surface area contributed by atoms with Crippen LogP contribution in [-0.4, -0.2) is 32.4 Å². The summed E-state index contributed by atoms with van der Waals surface area (Å²) in [6, 6.07) is 1.17. The third-order valence-corrected chi connectivity index (χ3v) is 6.37. The standard InChI is InChI=1S/C15H18F2N4OS2/c1-8-7-23-15(18-8)24-10-4-2-9(3-5-10)19-14(22)12-6-11(13(16)17)20-21-12/h6-7,9-10,13H,2-5H2,1H3,(H,19,22)(H,20,21). The molecule has 0 unspecified atom stereocenters. The second-order valence-corrected chi connectivity index (χ2v) is 8.23. The predicted molar refractivity (Wildman–Crippen MR) is 89.8 cm³/mol. The van der Waals surface area contributed by atoms with Gasteiger partial charge in [0.1, 0.15) is 15.7 Å². The molecule has 1 aliphatic carbocycles. The van der Waals surface area contributed by atoms with Crippen LogP contribution in [0.2, 0.25) is 0 Å². The van der Waals surface area contributed by atoms with Crippen molar-refractivity contribution in [3.63, 3.8) is 0 Å². The SMILES string of the molecule is Cc1csc(SC2CCC(NC(=O)c3cc(C(F)F)[nH]n3)CC2)n1. The van der Waals surface area contributed by atoms with Crippen LogP contribution in [0.5, 0.6) is 0 Å². The summed E-state index contributed by atoms with van der Waals surface area (Å²) in [6.45, 7) is 1.99. The van der Waals surface area contributed by atoms with E-state index in [0.717, 1.165) is 41.8 Å². The Morgan fingerprint density at radius 3 is 2.75 bits per heavy atom. The maximum Gasteiger partial charge on any atom is 0.279 e. The van der Waals surface area contributed by atoms with Gasteiger partial charge in [0.05, 0.1) is 0 Å². The minimum absolute atomic E-state index is 0.0139. The van der Waals surface area contributed by atoms with Crippen LogP contribution in [0.4, 0.5) is 8.78 Å². The van der Waals surface area contributed by atoms with Crippen LogP contribution in [-0.2, 0) is 0 Å². The second-order valence-electron chi connectivity index (χ2n) is 5.83. The fraction of sp³-hybridized carbons (Fsp3) is 0.533. The number of aromatic nitrogens is 3. The molecule has 3 rings (SSSR count). The van der Waals surface area contributed by atoms with E-state index in [1.165, 1.54) is 0 Å². The number of rotatable bonds is 5. The molecule has 0 saturated heterocycles. The van der Waals surface area contributed by atoms with E-state index in [1.807, 2.05) is 12.3 Å². The van der Waals surface area contributed by atoms with E-state index in [4.69, 9.17) is 0 Å². The van der Waals surface area contributed by atoms with Crippen molar-refractivity contribution in [2.24, 2.45) is 0 Å². The Bertz CT molecular complexity index is 695. The molecule has 0 spiro atoms. The van der Waals surface area contributed by atoms with E-state index in [2.05, 4.69) is 20.5 Å². The third kappa shape index (κ3) is 4.32. The van der Waals surface area contributed by atoms with Crippen LogP contribution in [0.15, 0.2) is 15.8 Å². The third-order valence-electron chi connectivity index (χ3n) is 3.94. The van der Waals surface area contributed by atoms with Gasteiger partial charge in [-0.15, -0.1) is 11.3 Å². The highest BCUT2D eigenvalue weighted by atomic mass is 32.2. The molecular formula is C15H18F2N4OS2. The van der Waals surface area contributed by atoms with Gasteiger partial charge in [-0.25, -0.2) is 13.8 Å². The van der Waals surface area contributed by atoms with Crippen molar-refractivity contribution < 1.29 is 13.6 Å². The molecule has 2 N–H and O–H groups in total. The number of hydrogen-bond acceptors (Lipinski definition) is 5. The van der Waals surface area contributed by atoms with E-state index >= 15 is 0 Å². The summed E-state index contributed by atoms with van der Waals surface area (Å²) in [5.74, 6) is -0.398. The van der Waals surface area contributed by atoms with E-state index in [-0.39, 0.29) is 17.4 Å². The summed E-state index contributed by atoms with van der Waals surface area (Å²) in [7, 11) is 0. The lowest BCUT2D eigenvalue weighted by Crippen LogP contribution is -2.38.